The molecule has 0 bridgehead atoms. The summed E-state index contributed by atoms with van der Waals surface area (Å²) in [6, 6.07) is 0. The van der Waals surface area contributed by atoms with E-state index in [0.29, 0.717) is 6.54 Å². The van der Waals surface area contributed by atoms with E-state index in [1.165, 1.54) is 12.8 Å². The molecule has 0 rings (SSSR count). The second-order valence-corrected chi connectivity index (χ2v) is 3.75. The summed E-state index contributed by atoms with van der Waals surface area (Å²) < 4.78 is 0. The highest BCUT2D eigenvalue weighted by Crippen LogP contribution is 1.99. The summed E-state index contributed by atoms with van der Waals surface area (Å²) in [6.07, 6.45) is 5.33. The lowest BCUT2D eigenvalue weighted by Crippen LogP contribution is -2.25. The van der Waals surface area contributed by atoms with Crippen LogP contribution in [-0.4, -0.2) is 49.4 Å². The van der Waals surface area contributed by atoms with Gasteiger partial charge >= 0.3 is 0 Å². The first-order chi connectivity index (χ1) is 7.16. The maximum absolute atomic E-state index is 10.8. The molecule has 0 aliphatic carbocycles. The van der Waals surface area contributed by atoms with E-state index in [1.807, 2.05) is 0 Å². The van der Waals surface area contributed by atoms with Gasteiger partial charge < -0.3 is 15.4 Å². The third-order valence-electron chi connectivity index (χ3n) is 2.01. The number of hydrogen-bond donors (Lipinski definition) is 2. The lowest BCUT2D eigenvalue weighted by Gasteiger charge is -2.08. The van der Waals surface area contributed by atoms with Crippen LogP contribution in [0.2, 0.25) is 0 Å². The van der Waals surface area contributed by atoms with E-state index in [1.54, 1.807) is 0 Å². The Labute approximate surface area is 91.1 Å². The van der Waals surface area contributed by atoms with Gasteiger partial charge in [0.2, 0.25) is 0 Å². The van der Waals surface area contributed by atoms with Crippen LogP contribution in [-0.2, 0) is 4.79 Å². The Morgan fingerprint density at radius 2 is 2.00 bits per heavy atom. The number of carbonyl (C=O) groups is 1. The number of nitrogens with zero attached hydrogens (tertiary/aromatic N) is 2. The average Bonchev–Trinajstić information content (AvgIpc) is 2.16. The molecule has 0 atom stereocenters. The van der Waals surface area contributed by atoms with Crippen LogP contribution in [0.1, 0.15) is 25.7 Å². The first-order valence-electron chi connectivity index (χ1n) is 5.27. The van der Waals surface area contributed by atoms with E-state index in [-0.39, 0.29) is 5.91 Å². The molecule has 5 heteroatoms. The molecule has 2 N–H and O–H groups in total. The fraction of sp³-hybridized carbons (Fsp3) is 0.800. The number of carbonyl (C=O) groups excluding carboxylic acids is 1. The van der Waals surface area contributed by atoms with Gasteiger partial charge in [-0.3, -0.25) is 4.79 Å². The Kier molecular flexibility index (Phi) is 8.76. The van der Waals surface area contributed by atoms with E-state index in [9.17, 15) is 4.79 Å². The van der Waals surface area contributed by atoms with E-state index in [4.69, 9.17) is 5.21 Å². The third kappa shape index (κ3) is 10.8. The van der Waals surface area contributed by atoms with Crippen molar-refractivity contribution in [1.29, 1.82) is 0 Å². The number of oxime groups is 1. The molecule has 0 fully saturated rings. The zero-order valence-corrected chi connectivity index (χ0v) is 9.57. The van der Waals surface area contributed by atoms with Gasteiger partial charge in [-0.15, -0.1) is 0 Å². The van der Waals surface area contributed by atoms with Crippen molar-refractivity contribution in [3.63, 3.8) is 0 Å². The van der Waals surface area contributed by atoms with Gasteiger partial charge in [0, 0.05) is 6.54 Å². The lowest BCUT2D eigenvalue weighted by atomic mass is 10.2. The van der Waals surface area contributed by atoms with Crippen LogP contribution in [0.3, 0.4) is 0 Å². The maximum Gasteiger partial charge on any atom is 0.265 e. The van der Waals surface area contributed by atoms with Crippen molar-refractivity contribution >= 4 is 12.1 Å². The molecule has 5 nitrogen and oxygen atoms in total. The highest BCUT2D eigenvalue weighted by Gasteiger charge is 1.95. The molecule has 0 saturated heterocycles. The number of nitrogens with one attached hydrogen (secondary N) is 1. The smallest absolute Gasteiger partial charge is 0.265 e. The van der Waals surface area contributed by atoms with Crippen molar-refractivity contribution in [2.75, 3.05) is 27.2 Å². The standard InChI is InChI=1S/C10H21N3O2/c1-13(2)8-6-4-3-5-7-11-10(14)9-12-15/h9,15H,3-8H2,1-2H3,(H,11,14). The molecule has 0 heterocycles. The van der Waals surface area contributed by atoms with Gasteiger partial charge in [0.1, 0.15) is 6.21 Å². The second-order valence-electron chi connectivity index (χ2n) is 3.75. The highest BCUT2D eigenvalue weighted by molar-refractivity contribution is 6.25. The van der Waals surface area contributed by atoms with Crippen LogP contribution in [0.25, 0.3) is 0 Å². The average molecular weight is 215 g/mol. The van der Waals surface area contributed by atoms with Gasteiger partial charge in [0.15, 0.2) is 0 Å². The number of hydrogen-bond acceptors (Lipinski definition) is 4. The van der Waals surface area contributed by atoms with E-state index < -0.39 is 0 Å². The Balaban J connectivity index is 3.15. The molecule has 0 aromatic rings. The quantitative estimate of drug-likeness (QED) is 0.271. The van der Waals surface area contributed by atoms with Gasteiger partial charge in [0.05, 0.1) is 0 Å². The van der Waals surface area contributed by atoms with Crippen LogP contribution >= 0.6 is 0 Å². The van der Waals surface area contributed by atoms with Crippen LogP contribution < -0.4 is 5.32 Å². The van der Waals surface area contributed by atoms with Crippen molar-refractivity contribution in [3.05, 3.63) is 0 Å². The Morgan fingerprint density at radius 1 is 1.33 bits per heavy atom. The molecule has 88 valence electrons. The van der Waals surface area contributed by atoms with Crippen LogP contribution in [0.15, 0.2) is 5.16 Å². The number of unbranched alkanes of at least 4 members (excludes halogenated alkanes) is 3. The van der Waals surface area contributed by atoms with Crippen molar-refractivity contribution < 1.29 is 10.0 Å². The molecule has 1 amide bonds. The molecule has 15 heavy (non-hydrogen) atoms. The van der Waals surface area contributed by atoms with Crippen LogP contribution in [0.5, 0.6) is 0 Å². The lowest BCUT2D eigenvalue weighted by molar-refractivity contribution is -0.114. The zero-order chi connectivity index (χ0) is 11.5. The van der Waals surface area contributed by atoms with E-state index in [0.717, 1.165) is 25.6 Å². The molecule has 0 unspecified atom stereocenters. The number of rotatable bonds is 8. The Morgan fingerprint density at radius 3 is 2.60 bits per heavy atom. The molecular weight excluding hydrogens is 194 g/mol. The summed E-state index contributed by atoms with van der Waals surface area (Å²) in [5.74, 6) is -0.342. The summed E-state index contributed by atoms with van der Waals surface area (Å²) in [5.41, 5.74) is 0. The van der Waals surface area contributed by atoms with Crippen LogP contribution in [0.4, 0.5) is 0 Å². The number of amides is 1. The molecule has 0 aliphatic rings. The summed E-state index contributed by atoms with van der Waals surface area (Å²) >= 11 is 0. The minimum atomic E-state index is -0.342. The summed E-state index contributed by atoms with van der Waals surface area (Å²) in [5, 5.41) is 13.3. The van der Waals surface area contributed by atoms with E-state index >= 15 is 0 Å². The van der Waals surface area contributed by atoms with Crippen molar-refractivity contribution in [3.8, 4) is 0 Å². The van der Waals surface area contributed by atoms with Gasteiger partial charge in [0.25, 0.3) is 5.91 Å². The Hall–Kier alpha value is -1.10. The van der Waals surface area contributed by atoms with Crippen molar-refractivity contribution in [1.82, 2.24) is 10.2 Å². The molecule has 0 radical (unpaired) electrons. The minimum Gasteiger partial charge on any atom is -0.411 e. The normalized spacial score (nSPS) is 11.1. The molecule has 0 spiro atoms. The predicted molar refractivity (Wildman–Crippen MR) is 60.3 cm³/mol. The Bertz CT molecular complexity index is 193. The summed E-state index contributed by atoms with van der Waals surface area (Å²) in [7, 11) is 4.13. The van der Waals surface area contributed by atoms with Gasteiger partial charge in [-0.05, 0) is 33.5 Å². The van der Waals surface area contributed by atoms with E-state index in [2.05, 4.69) is 29.5 Å². The predicted octanol–water partition coefficient (Wildman–Crippen LogP) is 0.685. The van der Waals surface area contributed by atoms with Crippen molar-refractivity contribution in [2.24, 2.45) is 5.16 Å². The largest absolute Gasteiger partial charge is 0.411 e. The SMILES string of the molecule is CN(C)CCCCCCNC(=O)C=NO. The zero-order valence-electron chi connectivity index (χ0n) is 9.57. The van der Waals surface area contributed by atoms with Gasteiger partial charge in [-0.1, -0.05) is 18.0 Å². The minimum absolute atomic E-state index is 0.342. The third-order valence-corrected chi connectivity index (χ3v) is 2.01. The monoisotopic (exact) mass is 215 g/mol. The maximum atomic E-state index is 10.8. The first-order valence-corrected chi connectivity index (χ1v) is 5.27. The molecular formula is C10H21N3O2. The fourth-order valence-corrected chi connectivity index (χ4v) is 1.22. The van der Waals surface area contributed by atoms with Gasteiger partial charge in [-0.25, -0.2) is 0 Å². The van der Waals surface area contributed by atoms with Crippen molar-refractivity contribution in [2.45, 2.75) is 25.7 Å². The fourth-order valence-electron chi connectivity index (χ4n) is 1.22. The topological polar surface area (TPSA) is 64.9 Å². The highest BCUT2D eigenvalue weighted by atomic mass is 16.4. The summed E-state index contributed by atoms with van der Waals surface area (Å²) in [4.78, 5) is 13.0. The second kappa shape index (κ2) is 9.45. The molecule has 0 aromatic heterocycles. The summed E-state index contributed by atoms with van der Waals surface area (Å²) in [6.45, 7) is 1.76. The molecule has 0 saturated carbocycles. The van der Waals surface area contributed by atoms with Gasteiger partial charge in [-0.2, -0.15) is 0 Å². The van der Waals surface area contributed by atoms with Crippen LogP contribution in [0, 0.1) is 0 Å². The first kappa shape index (κ1) is 13.9. The molecule has 0 aromatic carbocycles. The molecule has 0 aliphatic heterocycles.